The molecule has 1 heterocycles. The maximum absolute atomic E-state index is 13.8. The summed E-state index contributed by atoms with van der Waals surface area (Å²) in [7, 11) is 1.37. The van der Waals surface area contributed by atoms with Gasteiger partial charge in [0.1, 0.15) is 5.82 Å². The van der Waals surface area contributed by atoms with Crippen LogP contribution in [0.15, 0.2) is 29.1 Å². The van der Waals surface area contributed by atoms with Crippen molar-refractivity contribution in [3.05, 3.63) is 57.3 Å². The van der Waals surface area contributed by atoms with Gasteiger partial charge in [-0.2, -0.15) is 0 Å². The first kappa shape index (κ1) is 14.7. The molecular formula is C14H14FN3O3. The average molecular weight is 291 g/mol. The molecule has 7 heteroatoms. The fourth-order valence-electron chi connectivity index (χ4n) is 1.92. The van der Waals surface area contributed by atoms with E-state index in [1.54, 1.807) is 6.92 Å². The summed E-state index contributed by atoms with van der Waals surface area (Å²) in [4.78, 5) is 27.2. The third kappa shape index (κ3) is 3.07. The monoisotopic (exact) mass is 291 g/mol. The van der Waals surface area contributed by atoms with Crippen molar-refractivity contribution in [1.82, 2.24) is 9.55 Å². The van der Waals surface area contributed by atoms with Gasteiger partial charge in [-0.15, -0.1) is 0 Å². The highest BCUT2D eigenvalue weighted by molar-refractivity contribution is 5.92. The van der Waals surface area contributed by atoms with Crippen LogP contribution in [0, 0.1) is 12.7 Å². The maximum atomic E-state index is 13.8. The Labute approximate surface area is 120 Å². The summed E-state index contributed by atoms with van der Waals surface area (Å²) in [5.74, 6) is -1.22. The Balaban J connectivity index is 2.50. The molecule has 2 rings (SSSR count). The third-order valence-corrected chi connectivity index (χ3v) is 2.94. The van der Waals surface area contributed by atoms with E-state index < -0.39 is 11.7 Å². The summed E-state index contributed by atoms with van der Waals surface area (Å²) in [6.45, 7) is 1.55. The molecule has 0 saturated heterocycles. The van der Waals surface area contributed by atoms with E-state index >= 15 is 0 Å². The number of primary amides is 1. The van der Waals surface area contributed by atoms with Crippen molar-refractivity contribution >= 4 is 5.91 Å². The largest absolute Gasteiger partial charge is 0.468 e. The summed E-state index contributed by atoms with van der Waals surface area (Å²) in [5, 5.41) is 0. The molecule has 0 atom stereocenters. The number of aryl methyl sites for hydroxylation is 1. The van der Waals surface area contributed by atoms with E-state index in [0.717, 1.165) is 6.07 Å². The van der Waals surface area contributed by atoms with Gasteiger partial charge in [0, 0.05) is 22.9 Å². The highest BCUT2D eigenvalue weighted by Crippen LogP contribution is 2.14. The zero-order valence-electron chi connectivity index (χ0n) is 11.6. The van der Waals surface area contributed by atoms with Gasteiger partial charge in [0.05, 0.1) is 13.7 Å². The van der Waals surface area contributed by atoms with Gasteiger partial charge < -0.3 is 10.5 Å². The van der Waals surface area contributed by atoms with Crippen LogP contribution in [0.2, 0.25) is 0 Å². The van der Waals surface area contributed by atoms with E-state index in [1.807, 2.05) is 0 Å². The molecule has 2 aromatic rings. The number of carbonyl (C=O) groups excluding carboxylic acids is 1. The summed E-state index contributed by atoms with van der Waals surface area (Å²) < 4.78 is 20.0. The van der Waals surface area contributed by atoms with Gasteiger partial charge in [0.2, 0.25) is 5.91 Å². The van der Waals surface area contributed by atoms with Crippen LogP contribution in [-0.4, -0.2) is 22.6 Å². The van der Waals surface area contributed by atoms with Crippen LogP contribution in [0.4, 0.5) is 4.39 Å². The number of rotatable bonds is 4. The Hall–Kier alpha value is -2.70. The quantitative estimate of drug-likeness (QED) is 0.904. The number of amides is 1. The molecule has 0 saturated carbocycles. The molecule has 0 radical (unpaired) electrons. The lowest BCUT2D eigenvalue weighted by Gasteiger charge is -2.12. The minimum absolute atomic E-state index is 0.0730. The second-order valence-corrected chi connectivity index (χ2v) is 4.48. The van der Waals surface area contributed by atoms with E-state index in [0.29, 0.717) is 5.69 Å². The predicted octanol–water partition coefficient (Wildman–Crippen LogP) is 0.847. The number of ether oxygens (including phenoxy) is 1. The SMILES string of the molecule is COc1nc(C)cc(=O)n1Cc1cc(C(N)=O)ccc1F. The summed E-state index contributed by atoms with van der Waals surface area (Å²) in [6.07, 6.45) is 0. The number of nitrogens with two attached hydrogens (primary N) is 1. The predicted molar refractivity (Wildman–Crippen MR) is 73.8 cm³/mol. The van der Waals surface area contributed by atoms with Gasteiger partial charge in [0.15, 0.2) is 0 Å². The lowest BCUT2D eigenvalue weighted by atomic mass is 10.1. The fraction of sp³-hybridized carbons (Fsp3) is 0.214. The first-order valence-corrected chi connectivity index (χ1v) is 6.13. The van der Waals surface area contributed by atoms with Gasteiger partial charge in [0.25, 0.3) is 11.6 Å². The lowest BCUT2D eigenvalue weighted by Crippen LogP contribution is -2.24. The summed E-state index contributed by atoms with van der Waals surface area (Å²) in [5.41, 5.74) is 5.61. The highest BCUT2D eigenvalue weighted by Gasteiger charge is 2.12. The van der Waals surface area contributed by atoms with Crippen LogP contribution in [0.25, 0.3) is 0 Å². The zero-order valence-corrected chi connectivity index (χ0v) is 11.6. The second kappa shape index (κ2) is 5.74. The van der Waals surface area contributed by atoms with Crippen LogP contribution < -0.4 is 16.0 Å². The molecule has 2 N–H and O–H groups in total. The van der Waals surface area contributed by atoms with Gasteiger partial charge in [-0.1, -0.05) is 0 Å². The standard InChI is InChI=1S/C14H14FN3O3/c1-8-5-12(19)18(14(17-8)21-2)7-10-6-9(13(16)20)3-4-11(10)15/h3-6H,7H2,1-2H3,(H2,16,20). The molecule has 0 bridgehead atoms. The van der Waals surface area contributed by atoms with Crippen molar-refractivity contribution in [1.29, 1.82) is 0 Å². The van der Waals surface area contributed by atoms with Gasteiger partial charge in [-0.3, -0.25) is 14.2 Å². The maximum Gasteiger partial charge on any atom is 0.299 e. The van der Waals surface area contributed by atoms with Crippen LogP contribution in [0.3, 0.4) is 0 Å². The molecule has 0 unspecified atom stereocenters. The number of halogens is 1. The van der Waals surface area contributed by atoms with Crippen LogP contribution in [0.1, 0.15) is 21.6 Å². The Morgan fingerprint density at radius 3 is 2.76 bits per heavy atom. The Morgan fingerprint density at radius 1 is 1.43 bits per heavy atom. The number of hydrogen-bond acceptors (Lipinski definition) is 4. The molecule has 21 heavy (non-hydrogen) atoms. The Morgan fingerprint density at radius 2 is 2.14 bits per heavy atom. The van der Waals surface area contributed by atoms with E-state index in [9.17, 15) is 14.0 Å². The smallest absolute Gasteiger partial charge is 0.299 e. The number of methoxy groups -OCH3 is 1. The number of nitrogens with zero attached hydrogens (tertiary/aromatic N) is 2. The first-order valence-electron chi connectivity index (χ1n) is 6.13. The minimum atomic E-state index is -0.669. The second-order valence-electron chi connectivity index (χ2n) is 4.48. The molecule has 0 fully saturated rings. The van der Waals surface area contributed by atoms with E-state index in [4.69, 9.17) is 10.5 Å². The lowest BCUT2D eigenvalue weighted by molar-refractivity contribution is 0.1000. The number of benzene rings is 1. The zero-order chi connectivity index (χ0) is 15.6. The number of hydrogen-bond donors (Lipinski definition) is 1. The third-order valence-electron chi connectivity index (χ3n) is 2.94. The van der Waals surface area contributed by atoms with Crippen molar-refractivity contribution in [3.8, 4) is 6.01 Å². The number of aromatic nitrogens is 2. The Kier molecular flexibility index (Phi) is 4.02. The topological polar surface area (TPSA) is 87.2 Å². The molecule has 1 aromatic heterocycles. The highest BCUT2D eigenvalue weighted by atomic mass is 19.1. The van der Waals surface area contributed by atoms with E-state index in [1.165, 1.54) is 29.9 Å². The van der Waals surface area contributed by atoms with Crippen molar-refractivity contribution in [2.45, 2.75) is 13.5 Å². The average Bonchev–Trinajstić information content (AvgIpc) is 2.43. The normalized spacial score (nSPS) is 10.4. The van der Waals surface area contributed by atoms with Crippen molar-refractivity contribution in [2.24, 2.45) is 5.73 Å². The van der Waals surface area contributed by atoms with Gasteiger partial charge >= 0.3 is 0 Å². The minimum Gasteiger partial charge on any atom is -0.468 e. The molecule has 0 aliphatic carbocycles. The first-order chi connectivity index (χ1) is 9.92. The fourth-order valence-corrected chi connectivity index (χ4v) is 1.92. The van der Waals surface area contributed by atoms with Crippen LogP contribution in [-0.2, 0) is 6.54 Å². The van der Waals surface area contributed by atoms with Gasteiger partial charge in [-0.05, 0) is 25.1 Å². The van der Waals surface area contributed by atoms with Crippen molar-refractivity contribution in [2.75, 3.05) is 7.11 Å². The molecule has 0 aliphatic rings. The summed E-state index contributed by atoms with van der Waals surface area (Å²) >= 11 is 0. The van der Waals surface area contributed by atoms with E-state index in [-0.39, 0.29) is 29.2 Å². The molecule has 110 valence electrons. The molecule has 6 nitrogen and oxygen atoms in total. The van der Waals surface area contributed by atoms with Crippen LogP contribution in [0.5, 0.6) is 6.01 Å². The molecule has 1 amide bonds. The molecule has 0 spiro atoms. The molecule has 1 aromatic carbocycles. The van der Waals surface area contributed by atoms with E-state index in [2.05, 4.69) is 4.98 Å². The van der Waals surface area contributed by atoms with Crippen LogP contribution >= 0.6 is 0 Å². The molecular weight excluding hydrogens is 277 g/mol. The van der Waals surface area contributed by atoms with Gasteiger partial charge in [-0.25, -0.2) is 9.37 Å². The number of carbonyl (C=O) groups is 1. The van der Waals surface area contributed by atoms with Crippen molar-refractivity contribution < 1.29 is 13.9 Å². The Bertz CT molecular complexity index is 756. The summed E-state index contributed by atoms with van der Waals surface area (Å²) in [6, 6.07) is 5.12. The van der Waals surface area contributed by atoms with Crippen molar-refractivity contribution in [3.63, 3.8) is 0 Å². The molecule has 0 aliphatic heterocycles.